The van der Waals surface area contributed by atoms with Crippen LogP contribution in [0.4, 0.5) is 0 Å². The predicted molar refractivity (Wildman–Crippen MR) is 114 cm³/mol. The second kappa shape index (κ2) is 13.3. The molecule has 0 saturated carbocycles. The number of aliphatic carboxylic acids is 1. The standard InChI is InChI=1S/C21H32N4O6/c1-3-4-10-15(22)19(28)23-12-17(27)24-16(11-14-8-6-5-7-9-14)20(29)25-18(13(2)26)21(30)31/h5-9,13,15-16,18,26H,3-4,10-12,22H2,1-2H3,(H,23,28)(H,24,27)(H,25,29)(H,30,31)/t13-,15+,16+,18+/m1/s1. The summed E-state index contributed by atoms with van der Waals surface area (Å²) in [5.41, 5.74) is 6.50. The number of unbranched alkanes of at least 4 members (excludes halogenated alkanes) is 1. The quantitative estimate of drug-likeness (QED) is 0.237. The average Bonchev–Trinajstić information content (AvgIpc) is 2.73. The number of carbonyl (C=O) groups is 4. The molecule has 0 heterocycles. The fraction of sp³-hybridized carbons (Fsp3) is 0.524. The lowest BCUT2D eigenvalue weighted by molar-refractivity contribution is -0.145. The van der Waals surface area contributed by atoms with Crippen LogP contribution in [0.5, 0.6) is 0 Å². The Balaban J connectivity index is 2.79. The van der Waals surface area contributed by atoms with Gasteiger partial charge in [0.25, 0.3) is 0 Å². The zero-order valence-corrected chi connectivity index (χ0v) is 17.8. The van der Waals surface area contributed by atoms with Gasteiger partial charge in [-0.05, 0) is 18.9 Å². The summed E-state index contributed by atoms with van der Waals surface area (Å²) in [6, 6.07) is 5.47. The first-order valence-electron chi connectivity index (χ1n) is 10.2. The number of carboxylic acids is 1. The Kier molecular flexibility index (Phi) is 11.2. The van der Waals surface area contributed by atoms with Gasteiger partial charge in [-0.2, -0.15) is 0 Å². The predicted octanol–water partition coefficient (Wildman–Crippen LogP) is -0.702. The largest absolute Gasteiger partial charge is 0.480 e. The topological polar surface area (TPSA) is 171 Å². The number of hydrogen-bond donors (Lipinski definition) is 6. The number of aliphatic hydroxyl groups excluding tert-OH is 1. The van der Waals surface area contributed by atoms with Crippen molar-refractivity contribution in [2.24, 2.45) is 5.73 Å². The van der Waals surface area contributed by atoms with Crippen LogP contribution in [0.15, 0.2) is 30.3 Å². The molecule has 10 heteroatoms. The zero-order valence-electron chi connectivity index (χ0n) is 17.8. The summed E-state index contributed by atoms with van der Waals surface area (Å²) in [4.78, 5) is 48.2. The Bertz CT molecular complexity index is 741. The first-order valence-corrected chi connectivity index (χ1v) is 10.2. The van der Waals surface area contributed by atoms with Crippen molar-refractivity contribution in [3.05, 3.63) is 35.9 Å². The molecule has 31 heavy (non-hydrogen) atoms. The van der Waals surface area contributed by atoms with Crippen molar-refractivity contribution in [2.45, 2.75) is 63.8 Å². The lowest BCUT2D eigenvalue weighted by Crippen LogP contribution is -2.56. The summed E-state index contributed by atoms with van der Waals surface area (Å²) in [6.45, 7) is 2.83. The number of benzene rings is 1. The second-order valence-electron chi connectivity index (χ2n) is 7.34. The lowest BCUT2D eigenvalue weighted by atomic mass is 10.0. The van der Waals surface area contributed by atoms with E-state index in [2.05, 4.69) is 16.0 Å². The molecular formula is C21H32N4O6. The van der Waals surface area contributed by atoms with Gasteiger partial charge in [-0.15, -0.1) is 0 Å². The van der Waals surface area contributed by atoms with E-state index in [1.165, 1.54) is 6.92 Å². The molecule has 0 aliphatic heterocycles. The molecule has 4 atom stereocenters. The van der Waals surface area contributed by atoms with Gasteiger partial charge in [-0.1, -0.05) is 50.1 Å². The molecule has 7 N–H and O–H groups in total. The van der Waals surface area contributed by atoms with Crippen LogP contribution in [0.1, 0.15) is 38.7 Å². The van der Waals surface area contributed by atoms with Gasteiger partial charge in [-0.3, -0.25) is 14.4 Å². The smallest absolute Gasteiger partial charge is 0.328 e. The molecule has 0 unspecified atom stereocenters. The van der Waals surface area contributed by atoms with Crippen LogP contribution in [0.2, 0.25) is 0 Å². The minimum absolute atomic E-state index is 0.0918. The normalized spacial score (nSPS) is 14.6. The van der Waals surface area contributed by atoms with Crippen LogP contribution < -0.4 is 21.7 Å². The summed E-state index contributed by atoms with van der Waals surface area (Å²) in [5, 5.41) is 26.0. The van der Waals surface area contributed by atoms with Gasteiger partial charge in [-0.25, -0.2) is 4.79 Å². The number of nitrogens with one attached hydrogen (secondary N) is 3. The number of aliphatic hydroxyl groups is 1. The van der Waals surface area contributed by atoms with Crippen molar-refractivity contribution in [1.82, 2.24) is 16.0 Å². The Labute approximate surface area is 181 Å². The number of rotatable bonds is 13. The van der Waals surface area contributed by atoms with Crippen molar-refractivity contribution in [3.8, 4) is 0 Å². The number of hydrogen-bond acceptors (Lipinski definition) is 6. The second-order valence-corrected chi connectivity index (χ2v) is 7.34. The summed E-state index contributed by atoms with van der Waals surface area (Å²) in [6.07, 6.45) is 0.932. The third kappa shape index (κ3) is 9.58. The Morgan fingerprint density at radius 1 is 1.06 bits per heavy atom. The highest BCUT2D eigenvalue weighted by Gasteiger charge is 2.29. The van der Waals surface area contributed by atoms with E-state index in [1.807, 2.05) is 6.92 Å². The molecule has 0 spiro atoms. The van der Waals surface area contributed by atoms with E-state index in [0.717, 1.165) is 18.4 Å². The van der Waals surface area contributed by atoms with Gasteiger partial charge < -0.3 is 31.9 Å². The maximum atomic E-state index is 12.7. The van der Waals surface area contributed by atoms with Crippen LogP contribution >= 0.6 is 0 Å². The molecule has 1 aromatic carbocycles. The summed E-state index contributed by atoms with van der Waals surface area (Å²) < 4.78 is 0. The van der Waals surface area contributed by atoms with Gasteiger partial charge in [0.2, 0.25) is 17.7 Å². The molecular weight excluding hydrogens is 404 g/mol. The molecule has 0 aliphatic rings. The SMILES string of the molecule is CCCC[C@H](N)C(=O)NCC(=O)N[C@@H](Cc1ccccc1)C(=O)N[C@H](C(=O)O)[C@@H](C)O. The lowest BCUT2D eigenvalue weighted by Gasteiger charge is -2.23. The molecule has 10 nitrogen and oxygen atoms in total. The molecule has 0 bridgehead atoms. The molecule has 172 valence electrons. The average molecular weight is 437 g/mol. The molecule has 1 aromatic rings. The Morgan fingerprint density at radius 2 is 1.71 bits per heavy atom. The highest BCUT2D eigenvalue weighted by Crippen LogP contribution is 2.05. The maximum absolute atomic E-state index is 12.7. The number of nitrogens with two attached hydrogens (primary N) is 1. The molecule has 0 radical (unpaired) electrons. The molecule has 0 aromatic heterocycles. The highest BCUT2D eigenvalue weighted by molar-refractivity contribution is 5.92. The van der Waals surface area contributed by atoms with Crippen LogP contribution in [0.3, 0.4) is 0 Å². The van der Waals surface area contributed by atoms with Crippen molar-refractivity contribution < 1.29 is 29.4 Å². The van der Waals surface area contributed by atoms with Crippen LogP contribution in [-0.4, -0.2) is 64.7 Å². The van der Waals surface area contributed by atoms with Crippen LogP contribution in [0.25, 0.3) is 0 Å². The zero-order chi connectivity index (χ0) is 23.4. The summed E-state index contributed by atoms with van der Waals surface area (Å²) in [5.74, 6) is -3.26. The van der Waals surface area contributed by atoms with E-state index < -0.39 is 47.9 Å². The van der Waals surface area contributed by atoms with Gasteiger partial charge in [0.15, 0.2) is 6.04 Å². The summed E-state index contributed by atoms with van der Waals surface area (Å²) in [7, 11) is 0. The van der Waals surface area contributed by atoms with E-state index in [4.69, 9.17) is 5.73 Å². The first-order chi connectivity index (χ1) is 14.6. The van der Waals surface area contributed by atoms with Crippen LogP contribution in [-0.2, 0) is 25.6 Å². The highest BCUT2D eigenvalue weighted by atomic mass is 16.4. The van der Waals surface area contributed by atoms with Crippen molar-refractivity contribution in [3.63, 3.8) is 0 Å². The summed E-state index contributed by atoms with van der Waals surface area (Å²) >= 11 is 0. The monoisotopic (exact) mass is 436 g/mol. The van der Waals surface area contributed by atoms with Crippen molar-refractivity contribution in [2.75, 3.05) is 6.54 Å². The molecule has 0 saturated heterocycles. The maximum Gasteiger partial charge on any atom is 0.328 e. The number of amides is 3. The first kappa shape index (κ1) is 26.1. The van der Waals surface area contributed by atoms with E-state index in [9.17, 15) is 29.4 Å². The fourth-order valence-corrected chi connectivity index (χ4v) is 2.80. The molecule has 1 rings (SSSR count). The van der Waals surface area contributed by atoms with Gasteiger partial charge in [0, 0.05) is 6.42 Å². The van der Waals surface area contributed by atoms with Crippen LogP contribution in [0, 0.1) is 0 Å². The minimum atomic E-state index is -1.53. The van der Waals surface area contributed by atoms with Crippen molar-refractivity contribution in [1.29, 1.82) is 0 Å². The third-order valence-corrected chi connectivity index (χ3v) is 4.61. The number of carboxylic acid groups (broad SMARTS) is 1. The molecule has 3 amide bonds. The molecule has 0 fully saturated rings. The van der Waals surface area contributed by atoms with Gasteiger partial charge in [0.05, 0.1) is 18.7 Å². The fourth-order valence-electron chi connectivity index (χ4n) is 2.80. The van der Waals surface area contributed by atoms with E-state index >= 15 is 0 Å². The van der Waals surface area contributed by atoms with E-state index in [1.54, 1.807) is 30.3 Å². The van der Waals surface area contributed by atoms with Gasteiger partial charge in [0.1, 0.15) is 6.04 Å². The minimum Gasteiger partial charge on any atom is -0.480 e. The van der Waals surface area contributed by atoms with Crippen molar-refractivity contribution >= 4 is 23.7 Å². The number of carbonyl (C=O) groups excluding carboxylic acids is 3. The van der Waals surface area contributed by atoms with E-state index in [-0.39, 0.29) is 13.0 Å². The third-order valence-electron chi connectivity index (χ3n) is 4.61. The van der Waals surface area contributed by atoms with Gasteiger partial charge >= 0.3 is 5.97 Å². The Morgan fingerprint density at radius 3 is 2.26 bits per heavy atom. The Hall–Kier alpha value is -2.98. The molecule has 0 aliphatic carbocycles. The van der Waals surface area contributed by atoms with E-state index in [0.29, 0.717) is 6.42 Å².